The van der Waals surface area contributed by atoms with E-state index in [0.29, 0.717) is 19.6 Å². The lowest BCUT2D eigenvalue weighted by Gasteiger charge is -2.20. The van der Waals surface area contributed by atoms with E-state index in [4.69, 9.17) is 23.2 Å². The zero-order valence-corrected chi connectivity index (χ0v) is 14.7. The van der Waals surface area contributed by atoms with E-state index < -0.39 is 10.0 Å². The highest BCUT2D eigenvalue weighted by molar-refractivity contribution is 7.89. The predicted octanol–water partition coefficient (Wildman–Crippen LogP) is 3.03. The number of pyridine rings is 1. The molecule has 0 amide bonds. The van der Waals surface area contributed by atoms with E-state index in [0.717, 1.165) is 11.3 Å². The van der Waals surface area contributed by atoms with E-state index in [9.17, 15) is 8.42 Å². The monoisotopic (exact) mass is 371 g/mol. The van der Waals surface area contributed by atoms with Crippen molar-refractivity contribution in [3.63, 3.8) is 0 Å². The summed E-state index contributed by atoms with van der Waals surface area (Å²) >= 11 is 11.7. The van der Waals surface area contributed by atoms with Crippen LogP contribution in [-0.2, 0) is 16.6 Å². The molecule has 1 aliphatic rings. The molecular formula is C15H15Cl2N3O2S. The standard InChI is InChI=1S/C15H15Cl2N3O2S/c1-19-6-7-20(10-11-4-2-3-5-14(11)19)23(21,22)12-8-13(16)15(17)18-9-12/h2-5,8-9H,6-7,10H2,1H3. The number of hydrogen-bond acceptors (Lipinski definition) is 4. The molecule has 0 aliphatic carbocycles. The Kier molecular flexibility index (Phi) is 4.51. The first-order chi connectivity index (χ1) is 10.9. The van der Waals surface area contributed by atoms with E-state index in [-0.39, 0.29) is 15.1 Å². The quantitative estimate of drug-likeness (QED) is 0.761. The number of aromatic nitrogens is 1. The summed E-state index contributed by atoms with van der Waals surface area (Å²) in [6, 6.07) is 9.12. The number of likely N-dealkylation sites (N-methyl/N-ethyl adjacent to an activating group) is 1. The van der Waals surface area contributed by atoms with Gasteiger partial charge in [0.25, 0.3) is 0 Å². The van der Waals surface area contributed by atoms with Crippen molar-refractivity contribution in [3.8, 4) is 0 Å². The smallest absolute Gasteiger partial charge is 0.245 e. The lowest BCUT2D eigenvalue weighted by molar-refractivity contribution is 0.420. The van der Waals surface area contributed by atoms with Crippen molar-refractivity contribution in [1.82, 2.24) is 9.29 Å². The highest BCUT2D eigenvalue weighted by atomic mass is 35.5. The van der Waals surface area contributed by atoms with Crippen LogP contribution in [0.3, 0.4) is 0 Å². The zero-order valence-electron chi connectivity index (χ0n) is 12.4. The van der Waals surface area contributed by atoms with Crippen molar-refractivity contribution in [3.05, 3.63) is 52.3 Å². The fourth-order valence-electron chi connectivity index (χ4n) is 2.57. The Hall–Kier alpha value is -1.34. The molecule has 2 heterocycles. The number of para-hydroxylation sites is 1. The maximum absolute atomic E-state index is 12.9. The van der Waals surface area contributed by atoms with Crippen LogP contribution in [0.4, 0.5) is 5.69 Å². The van der Waals surface area contributed by atoms with Gasteiger partial charge in [0.15, 0.2) is 0 Å². The number of fused-ring (bicyclic) bond motifs is 1. The lowest BCUT2D eigenvalue weighted by atomic mass is 10.1. The van der Waals surface area contributed by atoms with Crippen LogP contribution < -0.4 is 4.90 Å². The fourth-order valence-corrected chi connectivity index (χ4v) is 4.28. The molecule has 2 aromatic rings. The number of hydrogen-bond donors (Lipinski definition) is 0. The Bertz CT molecular complexity index is 842. The largest absolute Gasteiger partial charge is 0.373 e. The third kappa shape index (κ3) is 3.17. The summed E-state index contributed by atoms with van der Waals surface area (Å²) < 4.78 is 27.2. The number of rotatable bonds is 2. The summed E-state index contributed by atoms with van der Waals surface area (Å²) in [5.41, 5.74) is 2.00. The molecule has 0 saturated heterocycles. The van der Waals surface area contributed by atoms with Crippen LogP contribution >= 0.6 is 23.2 Å². The van der Waals surface area contributed by atoms with E-state index >= 15 is 0 Å². The van der Waals surface area contributed by atoms with Crippen LogP contribution in [0, 0.1) is 0 Å². The van der Waals surface area contributed by atoms with Crippen molar-refractivity contribution >= 4 is 38.9 Å². The van der Waals surface area contributed by atoms with Gasteiger partial charge in [0.2, 0.25) is 10.0 Å². The van der Waals surface area contributed by atoms with Gasteiger partial charge >= 0.3 is 0 Å². The summed E-state index contributed by atoms with van der Waals surface area (Å²) in [4.78, 5) is 5.94. The molecular weight excluding hydrogens is 357 g/mol. The van der Waals surface area contributed by atoms with E-state index in [1.54, 1.807) is 0 Å². The van der Waals surface area contributed by atoms with Gasteiger partial charge in [0.05, 0.1) is 5.02 Å². The normalized spacial score (nSPS) is 16.0. The van der Waals surface area contributed by atoms with Gasteiger partial charge in [-0.05, 0) is 17.7 Å². The molecule has 23 heavy (non-hydrogen) atoms. The summed E-state index contributed by atoms with van der Waals surface area (Å²) in [7, 11) is -1.74. The maximum Gasteiger partial charge on any atom is 0.245 e. The number of anilines is 1. The van der Waals surface area contributed by atoms with Gasteiger partial charge in [0.1, 0.15) is 10.0 Å². The van der Waals surface area contributed by atoms with Crippen molar-refractivity contribution < 1.29 is 8.42 Å². The van der Waals surface area contributed by atoms with Gasteiger partial charge in [-0.1, -0.05) is 41.4 Å². The number of nitrogens with zero attached hydrogens (tertiary/aromatic N) is 3. The Labute approximate surface area is 145 Å². The van der Waals surface area contributed by atoms with Crippen LogP contribution in [0.5, 0.6) is 0 Å². The van der Waals surface area contributed by atoms with Crippen molar-refractivity contribution in [2.24, 2.45) is 0 Å². The summed E-state index contributed by atoms with van der Waals surface area (Å²) in [6.07, 6.45) is 1.24. The van der Waals surface area contributed by atoms with Gasteiger partial charge < -0.3 is 4.90 Å². The van der Waals surface area contributed by atoms with Gasteiger partial charge in [0, 0.05) is 38.6 Å². The van der Waals surface area contributed by atoms with Crippen LogP contribution in [0.1, 0.15) is 5.56 Å². The molecule has 0 saturated carbocycles. The predicted molar refractivity (Wildman–Crippen MR) is 91.6 cm³/mol. The maximum atomic E-state index is 12.9. The summed E-state index contributed by atoms with van der Waals surface area (Å²) in [5, 5.41) is 0.214. The van der Waals surface area contributed by atoms with E-state index in [1.165, 1.54) is 16.6 Å². The average molecular weight is 372 g/mol. The summed E-state index contributed by atoms with van der Waals surface area (Å²) in [5.74, 6) is 0. The summed E-state index contributed by atoms with van der Waals surface area (Å²) in [6.45, 7) is 1.29. The third-order valence-corrected chi connectivity index (χ3v) is 6.34. The zero-order chi connectivity index (χ0) is 16.6. The minimum absolute atomic E-state index is 0.0499. The van der Waals surface area contributed by atoms with Crippen LogP contribution in [0.2, 0.25) is 10.2 Å². The molecule has 0 fully saturated rings. The highest BCUT2D eigenvalue weighted by Gasteiger charge is 2.29. The topological polar surface area (TPSA) is 53.5 Å². The number of benzene rings is 1. The second-order valence-electron chi connectivity index (χ2n) is 5.33. The Morgan fingerprint density at radius 3 is 2.65 bits per heavy atom. The Morgan fingerprint density at radius 2 is 1.91 bits per heavy atom. The number of halogens is 2. The molecule has 0 radical (unpaired) electrons. The minimum Gasteiger partial charge on any atom is -0.373 e. The first-order valence-corrected chi connectivity index (χ1v) is 9.19. The molecule has 3 rings (SSSR count). The number of sulfonamides is 1. The molecule has 8 heteroatoms. The molecule has 0 bridgehead atoms. The Balaban J connectivity index is 1.99. The van der Waals surface area contributed by atoms with Crippen LogP contribution in [0.25, 0.3) is 0 Å². The molecule has 0 N–H and O–H groups in total. The van der Waals surface area contributed by atoms with Gasteiger partial charge in [-0.25, -0.2) is 13.4 Å². The van der Waals surface area contributed by atoms with E-state index in [2.05, 4.69) is 9.88 Å². The Morgan fingerprint density at radius 1 is 1.17 bits per heavy atom. The minimum atomic E-state index is -3.69. The highest BCUT2D eigenvalue weighted by Crippen LogP contribution is 2.29. The first kappa shape index (κ1) is 16.5. The molecule has 122 valence electrons. The van der Waals surface area contributed by atoms with E-state index in [1.807, 2.05) is 31.3 Å². The van der Waals surface area contributed by atoms with Crippen molar-refractivity contribution in [2.45, 2.75) is 11.4 Å². The van der Waals surface area contributed by atoms with Crippen molar-refractivity contribution in [2.75, 3.05) is 25.0 Å². The van der Waals surface area contributed by atoms with Gasteiger partial charge in [-0.2, -0.15) is 4.31 Å². The fraction of sp³-hybridized carbons (Fsp3) is 0.267. The second-order valence-corrected chi connectivity index (χ2v) is 8.04. The third-order valence-electron chi connectivity index (χ3n) is 3.84. The first-order valence-electron chi connectivity index (χ1n) is 7.00. The molecule has 1 aliphatic heterocycles. The lowest BCUT2D eigenvalue weighted by Crippen LogP contribution is -2.34. The SMILES string of the molecule is CN1CCN(S(=O)(=O)c2cnc(Cl)c(Cl)c2)Cc2ccccc21. The average Bonchev–Trinajstić information content (AvgIpc) is 2.70. The van der Waals surface area contributed by atoms with Crippen LogP contribution in [0.15, 0.2) is 41.4 Å². The second kappa shape index (κ2) is 6.28. The molecule has 0 spiro atoms. The molecule has 0 unspecified atom stereocenters. The van der Waals surface area contributed by atoms with Gasteiger partial charge in [-0.15, -0.1) is 0 Å². The molecule has 1 aromatic heterocycles. The molecule has 5 nitrogen and oxygen atoms in total. The van der Waals surface area contributed by atoms with Gasteiger partial charge in [-0.3, -0.25) is 0 Å². The molecule has 1 aromatic carbocycles. The van der Waals surface area contributed by atoms with Crippen molar-refractivity contribution in [1.29, 1.82) is 0 Å². The molecule has 0 atom stereocenters. The van der Waals surface area contributed by atoms with Crippen LogP contribution in [-0.4, -0.2) is 37.8 Å².